The molecule has 1 unspecified atom stereocenters. The van der Waals surface area contributed by atoms with Crippen LogP contribution >= 0.6 is 0 Å². The van der Waals surface area contributed by atoms with E-state index in [0.717, 1.165) is 128 Å². The lowest BCUT2D eigenvalue weighted by Gasteiger charge is -2.18. The Labute approximate surface area is 467 Å². The van der Waals surface area contributed by atoms with Crippen molar-refractivity contribution in [2.45, 2.75) is 264 Å². The van der Waals surface area contributed by atoms with Gasteiger partial charge in [0.2, 0.25) is 0 Å². The maximum absolute atomic E-state index is 12.9. The minimum absolute atomic E-state index is 0.121. The highest BCUT2D eigenvalue weighted by Crippen LogP contribution is 2.14. The van der Waals surface area contributed by atoms with E-state index < -0.39 is 12.1 Å². The second-order valence-corrected chi connectivity index (χ2v) is 19.8. The lowest BCUT2D eigenvalue weighted by Crippen LogP contribution is -2.30. The zero-order valence-electron chi connectivity index (χ0n) is 49.0. The molecule has 0 aliphatic rings. The van der Waals surface area contributed by atoms with E-state index in [0.29, 0.717) is 19.3 Å². The summed E-state index contributed by atoms with van der Waals surface area (Å²) in [6.07, 6.45) is 89.9. The summed E-state index contributed by atoms with van der Waals surface area (Å²) in [6, 6.07) is 0. The van der Waals surface area contributed by atoms with Gasteiger partial charge in [0.1, 0.15) is 13.2 Å². The van der Waals surface area contributed by atoms with Crippen molar-refractivity contribution < 1.29 is 28.6 Å². The lowest BCUT2D eigenvalue weighted by molar-refractivity contribution is -0.166. The fourth-order valence-corrected chi connectivity index (χ4v) is 8.02. The number of allylic oxidation sites excluding steroid dienone is 24. The van der Waals surface area contributed by atoms with Gasteiger partial charge in [0, 0.05) is 19.3 Å². The van der Waals surface area contributed by atoms with Crippen molar-refractivity contribution in [3.63, 3.8) is 0 Å². The van der Waals surface area contributed by atoms with E-state index in [2.05, 4.69) is 154 Å². The number of rotatable bonds is 54. The first kappa shape index (κ1) is 71.3. The van der Waals surface area contributed by atoms with Crippen LogP contribution in [0.25, 0.3) is 0 Å². The van der Waals surface area contributed by atoms with E-state index in [1.54, 1.807) is 0 Å². The summed E-state index contributed by atoms with van der Waals surface area (Å²) in [6.45, 7) is 6.33. The highest BCUT2D eigenvalue weighted by molar-refractivity contribution is 5.71. The van der Waals surface area contributed by atoms with Crippen LogP contribution in [0.4, 0.5) is 0 Å². The van der Waals surface area contributed by atoms with E-state index in [9.17, 15) is 14.4 Å². The van der Waals surface area contributed by atoms with E-state index in [1.165, 1.54) is 83.5 Å². The van der Waals surface area contributed by atoms with Gasteiger partial charge in [-0.3, -0.25) is 14.4 Å². The van der Waals surface area contributed by atoms with Crippen LogP contribution in [0.2, 0.25) is 0 Å². The third kappa shape index (κ3) is 60.2. The van der Waals surface area contributed by atoms with Gasteiger partial charge in [-0.15, -0.1) is 0 Å². The summed E-state index contributed by atoms with van der Waals surface area (Å²) in [5.41, 5.74) is 0. The number of esters is 3. The average Bonchev–Trinajstić information content (AvgIpc) is 3.42. The van der Waals surface area contributed by atoms with Crippen LogP contribution < -0.4 is 0 Å². The molecule has 0 N–H and O–H groups in total. The zero-order chi connectivity index (χ0) is 55.0. The maximum atomic E-state index is 12.9. The molecule has 0 aromatic rings. The first-order chi connectivity index (χ1) is 37.5. The topological polar surface area (TPSA) is 78.9 Å². The number of ether oxygens (including phenoxy) is 3. The van der Waals surface area contributed by atoms with Crippen LogP contribution in [0.3, 0.4) is 0 Å². The maximum Gasteiger partial charge on any atom is 0.306 e. The van der Waals surface area contributed by atoms with Gasteiger partial charge in [0.05, 0.1) is 0 Å². The van der Waals surface area contributed by atoms with Gasteiger partial charge in [-0.25, -0.2) is 0 Å². The number of carbonyl (C=O) groups excluding carboxylic acids is 3. The molecule has 0 fully saturated rings. The molecule has 1 atom stereocenters. The predicted molar refractivity (Wildman–Crippen MR) is 329 cm³/mol. The zero-order valence-corrected chi connectivity index (χ0v) is 49.0. The largest absolute Gasteiger partial charge is 0.462 e. The molecule has 0 heterocycles. The number of carbonyl (C=O) groups is 3. The smallest absolute Gasteiger partial charge is 0.306 e. The Bertz CT molecular complexity index is 1680. The van der Waals surface area contributed by atoms with Crippen LogP contribution in [-0.4, -0.2) is 37.2 Å². The second-order valence-electron chi connectivity index (χ2n) is 19.8. The molecule has 0 aromatic heterocycles. The Morgan fingerprint density at radius 2 is 0.539 bits per heavy atom. The van der Waals surface area contributed by atoms with Crippen molar-refractivity contribution in [1.82, 2.24) is 0 Å². The number of hydrogen-bond donors (Lipinski definition) is 0. The Balaban J connectivity index is 4.53. The molecule has 6 nitrogen and oxygen atoms in total. The van der Waals surface area contributed by atoms with Gasteiger partial charge in [0.25, 0.3) is 0 Å². The number of hydrogen-bond acceptors (Lipinski definition) is 6. The van der Waals surface area contributed by atoms with Gasteiger partial charge < -0.3 is 14.2 Å². The van der Waals surface area contributed by atoms with Crippen molar-refractivity contribution >= 4 is 17.9 Å². The summed E-state index contributed by atoms with van der Waals surface area (Å²) in [7, 11) is 0. The van der Waals surface area contributed by atoms with Crippen molar-refractivity contribution in [2.75, 3.05) is 13.2 Å². The molecule has 0 rings (SSSR count). The van der Waals surface area contributed by atoms with Crippen LogP contribution in [0.5, 0.6) is 0 Å². The highest BCUT2D eigenvalue weighted by atomic mass is 16.6. The fraction of sp³-hybridized carbons (Fsp3) is 0.614. The Kier molecular flexibility index (Phi) is 58.9. The molecule has 76 heavy (non-hydrogen) atoms. The standard InChI is InChI=1S/C70H112O6/c1-4-7-10-13-16-19-22-25-28-31-33-34-35-36-38-39-42-45-48-51-54-57-60-63-69(72)75-66-67(65-74-68(71)62-59-56-53-50-47-44-41-30-27-24-21-18-15-12-9-6-3)76-70(73)64-61-58-55-52-49-46-43-40-37-32-29-26-23-20-17-14-11-8-5-2/h7-8,10-11,16-17,19-20,25-26,28-30,33-34,36-38,40-41,46,49,55,58,67H,4-6,9,12-15,18,21-24,27,31-32,35,39,42-45,47-48,50-54,56-57,59-66H2,1-3H3/b10-7-,11-8-,19-16-,20-17-,28-25-,29-26-,34-33-,38-36-,40-37-,41-30-,49-46-,58-55-. The van der Waals surface area contributed by atoms with Gasteiger partial charge in [-0.2, -0.15) is 0 Å². The molecule has 428 valence electrons. The van der Waals surface area contributed by atoms with Gasteiger partial charge in [0.15, 0.2) is 6.10 Å². The Morgan fingerprint density at radius 3 is 0.868 bits per heavy atom. The minimum atomic E-state index is -0.834. The molecular weight excluding hydrogens is 937 g/mol. The fourth-order valence-electron chi connectivity index (χ4n) is 8.02. The monoisotopic (exact) mass is 1050 g/mol. The van der Waals surface area contributed by atoms with E-state index >= 15 is 0 Å². The first-order valence-corrected chi connectivity index (χ1v) is 30.8. The molecule has 0 saturated heterocycles. The molecule has 0 saturated carbocycles. The molecule has 0 aliphatic carbocycles. The molecule has 0 spiro atoms. The SMILES string of the molecule is CC/C=C\C/C=C\C/C=C\C/C=C\C/C=C\C/C=C\CCC(=O)OC(COC(=O)CCCCCCC/C=C\CCCCCCCCC)COC(=O)CCCCCCCCC/C=C\C/C=C\C/C=C\C/C=C\C/C=C\CC. The van der Waals surface area contributed by atoms with Crippen LogP contribution in [0, 0.1) is 0 Å². The molecule has 0 radical (unpaired) electrons. The molecule has 0 amide bonds. The molecule has 6 heteroatoms. The Hall–Kier alpha value is -4.71. The van der Waals surface area contributed by atoms with Gasteiger partial charge in [-0.1, -0.05) is 256 Å². The van der Waals surface area contributed by atoms with Crippen molar-refractivity contribution in [2.24, 2.45) is 0 Å². The minimum Gasteiger partial charge on any atom is -0.462 e. The van der Waals surface area contributed by atoms with Crippen LogP contribution in [0.15, 0.2) is 146 Å². The van der Waals surface area contributed by atoms with Crippen molar-refractivity contribution in [3.05, 3.63) is 146 Å². The predicted octanol–water partition coefficient (Wildman–Crippen LogP) is 21.2. The summed E-state index contributed by atoms with van der Waals surface area (Å²) in [4.78, 5) is 38.3. The third-order valence-electron chi connectivity index (χ3n) is 12.6. The van der Waals surface area contributed by atoms with E-state index in [1.807, 2.05) is 12.2 Å². The molecular formula is C70H112O6. The molecule has 0 aromatic carbocycles. The van der Waals surface area contributed by atoms with Crippen molar-refractivity contribution in [1.29, 1.82) is 0 Å². The van der Waals surface area contributed by atoms with Crippen LogP contribution in [0.1, 0.15) is 258 Å². The normalized spacial score (nSPS) is 13.1. The number of unbranched alkanes of at least 4 members (excludes halogenated alkanes) is 19. The second kappa shape index (κ2) is 62.8. The summed E-state index contributed by atoms with van der Waals surface area (Å²) in [5, 5.41) is 0. The Morgan fingerprint density at radius 1 is 0.276 bits per heavy atom. The van der Waals surface area contributed by atoms with E-state index in [4.69, 9.17) is 14.2 Å². The highest BCUT2D eigenvalue weighted by Gasteiger charge is 2.19. The summed E-state index contributed by atoms with van der Waals surface area (Å²) < 4.78 is 16.8. The van der Waals surface area contributed by atoms with Gasteiger partial charge in [-0.05, 0) is 128 Å². The summed E-state index contributed by atoms with van der Waals surface area (Å²) in [5.74, 6) is -1.03. The first-order valence-electron chi connectivity index (χ1n) is 30.8. The quantitative estimate of drug-likeness (QED) is 0.0261. The molecule has 0 aliphatic heterocycles. The van der Waals surface area contributed by atoms with Gasteiger partial charge >= 0.3 is 17.9 Å². The van der Waals surface area contributed by atoms with Crippen LogP contribution in [-0.2, 0) is 28.6 Å². The van der Waals surface area contributed by atoms with E-state index in [-0.39, 0.29) is 31.6 Å². The van der Waals surface area contributed by atoms with Crippen molar-refractivity contribution in [3.8, 4) is 0 Å². The summed E-state index contributed by atoms with van der Waals surface area (Å²) >= 11 is 0. The lowest BCUT2D eigenvalue weighted by atomic mass is 10.1. The average molecular weight is 1050 g/mol. The third-order valence-corrected chi connectivity index (χ3v) is 12.6. The molecule has 0 bridgehead atoms.